The lowest BCUT2D eigenvalue weighted by Crippen LogP contribution is -2.19. The number of carboxylic acid groups (broad SMARTS) is 1. The summed E-state index contributed by atoms with van der Waals surface area (Å²) in [5, 5.41) is 8.73. The number of nitrogens with two attached hydrogens (primary N) is 1. The van der Waals surface area contributed by atoms with Gasteiger partial charge in [-0.1, -0.05) is 18.2 Å². The Balaban J connectivity index is 2.72. The maximum atomic E-state index is 11.2. The number of hydrogen-bond acceptors (Lipinski definition) is 5. The van der Waals surface area contributed by atoms with Crippen molar-refractivity contribution in [2.24, 2.45) is 5.73 Å². The molecule has 0 aliphatic rings. The van der Waals surface area contributed by atoms with E-state index in [2.05, 4.69) is 0 Å². The van der Waals surface area contributed by atoms with Crippen molar-refractivity contribution in [1.82, 2.24) is 0 Å². The molecule has 19 heavy (non-hydrogen) atoms. The smallest absolute Gasteiger partial charge is 0.344 e. The molecule has 0 spiro atoms. The predicted octanol–water partition coefficient (Wildman–Crippen LogP) is 1.10. The van der Waals surface area contributed by atoms with Gasteiger partial charge in [0.05, 0.1) is 13.0 Å². The van der Waals surface area contributed by atoms with Gasteiger partial charge in [0.1, 0.15) is 5.75 Å². The van der Waals surface area contributed by atoms with Crippen molar-refractivity contribution in [3.8, 4) is 5.75 Å². The van der Waals surface area contributed by atoms with Crippen molar-refractivity contribution in [3.05, 3.63) is 29.8 Å². The van der Waals surface area contributed by atoms with Crippen LogP contribution in [0.5, 0.6) is 5.75 Å². The molecule has 0 radical (unpaired) electrons. The molecule has 3 N–H and O–H groups in total. The number of benzene rings is 1. The predicted molar refractivity (Wildman–Crippen MR) is 67.8 cm³/mol. The van der Waals surface area contributed by atoms with Crippen LogP contribution >= 0.6 is 0 Å². The molecular weight excluding hydrogens is 250 g/mol. The number of hydrogen-bond donors (Lipinski definition) is 2. The zero-order chi connectivity index (χ0) is 14.3. The number of ether oxygens (including phenoxy) is 2. The summed E-state index contributed by atoms with van der Waals surface area (Å²) in [5.41, 5.74) is 6.33. The summed E-state index contributed by atoms with van der Waals surface area (Å²) in [7, 11) is 0. The molecule has 6 heteroatoms. The van der Waals surface area contributed by atoms with E-state index in [9.17, 15) is 9.59 Å². The maximum Gasteiger partial charge on any atom is 0.344 e. The Bertz CT molecular complexity index is 446. The van der Waals surface area contributed by atoms with Crippen LogP contribution in [0, 0.1) is 0 Å². The molecule has 6 nitrogen and oxygen atoms in total. The molecule has 1 aromatic rings. The molecule has 0 saturated heterocycles. The van der Waals surface area contributed by atoms with Crippen LogP contribution < -0.4 is 10.5 Å². The van der Waals surface area contributed by atoms with Gasteiger partial charge in [0, 0.05) is 11.6 Å². The Morgan fingerprint density at radius 2 is 2.05 bits per heavy atom. The van der Waals surface area contributed by atoms with Crippen LogP contribution in [-0.2, 0) is 14.3 Å². The first-order valence-corrected chi connectivity index (χ1v) is 5.89. The molecule has 0 aliphatic heterocycles. The van der Waals surface area contributed by atoms with Gasteiger partial charge in [0.25, 0.3) is 0 Å². The largest absolute Gasteiger partial charge is 0.482 e. The number of carboxylic acids is 1. The highest BCUT2D eigenvalue weighted by atomic mass is 16.6. The van der Waals surface area contributed by atoms with Crippen LogP contribution in [0.15, 0.2) is 24.3 Å². The zero-order valence-corrected chi connectivity index (χ0v) is 10.7. The van der Waals surface area contributed by atoms with Crippen molar-refractivity contribution >= 4 is 11.9 Å². The maximum absolute atomic E-state index is 11.2. The van der Waals surface area contributed by atoms with Crippen molar-refractivity contribution in [2.75, 3.05) is 13.2 Å². The molecule has 1 aromatic carbocycles. The summed E-state index contributed by atoms with van der Waals surface area (Å²) in [6, 6.07) is 6.08. The Morgan fingerprint density at radius 3 is 2.68 bits per heavy atom. The molecule has 0 fully saturated rings. The average molecular weight is 267 g/mol. The Labute approximate surface area is 111 Å². The van der Waals surface area contributed by atoms with Crippen molar-refractivity contribution in [1.29, 1.82) is 0 Å². The minimum atomic E-state index is -0.993. The lowest BCUT2D eigenvalue weighted by molar-refractivity contribution is -0.145. The molecular formula is C13H17NO5. The van der Waals surface area contributed by atoms with Gasteiger partial charge in [-0.25, -0.2) is 4.79 Å². The van der Waals surface area contributed by atoms with E-state index in [-0.39, 0.29) is 19.6 Å². The second kappa shape index (κ2) is 7.38. The first kappa shape index (κ1) is 15.0. The molecule has 1 rings (SSSR count). The quantitative estimate of drug-likeness (QED) is 0.718. The minimum Gasteiger partial charge on any atom is -0.482 e. The van der Waals surface area contributed by atoms with Gasteiger partial charge in [0.2, 0.25) is 0 Å². The Morgan fingerprint density at radius 1 is 1.37 bits per heavy atom. The number of para-hydroxylation sites is 1. The first-order chi connectivity index (χ1) is 9.04. The van der Waals surface area contributed by atoms with E-state index < -0.39 is 18.0 Å². The molecule has 1 unspecified atom stereocenters. The lowest BCUT2D eigenvalue weighted by Gasteiger charge is -2.15. The van der Waals surface area contributed by atoms with Crippen molar-refractivity contribution in [2.45, 2.75) is 19.4 Å². The molecule has 104 valence electrons. The van der Waals surface area contributed by atoms with Gasteiger partial charge >= 0.3 is 11.9 Å². The number of carbonyl (C=O) groups is 2. The van der Waals surface area contributed by atoms with Gasteiger partial charge in [-0.05, 0) is 13.0 Å². The third kappa shape index (κ3) is 4.97. The average Bonchev–Trinajstić information content (AvgIpc) is 2.36. The standard InChI is InChI=1S/C13H17NO5/c1-2-18-13(17)8-19-11-6-4-3-5-9(11)10(14)7-12(15)16/h3-6,10H,2,7-8,14H2,1H3,(H,15,16). The number of carbonyl (C=O) groups excluding carboxylic acids is 1. The van der Waals surface area contributed by atoms with Crippen LogP contribution in [0.4, 0.5) is 0 Å². The highest BCUT2D eigenvalue weighted by Gasteiger charge is 2.15. The van der Waals surface area contributed by atoms with Crippen LogP contribution in [0.2, 0.25) is 0 Å². The summed E-state index contributed by atoms with van der Waals surface area (Å²) < 4.78 is 10.0. The van der Waals surface area contributed by atoms with Crippen molar-refractivity contribution < 1.29 is 24.2 Å². The van der Waals surface area contributed by atoms with Gasteiger partial charge in [-0.2, -0.15) is 0 Å². The first-order valence-electron chi connectivity index (χ1n) is 5.89. The van der Waals surface area contributed by atoms with Gasteiger partial charge in [0.15, 0.2) is 6.61 Å². The summed E-state index contributed by atoms with van der Waals surface area (Å²) in [6.45, 7) is 1.75. The fourth-order valence-electron chi connectivity index (χ4n) is 1.56. The zero-order valence-electron chi connectivity index (χ0n) is 10.7. The number of esters is 1. The van der Waals surface area contributed by atoms with E-state index in [1.54, 1.807) is 31.2 Å². The third-order valence-corrected chi connectivity index (χ3v) is 2.36. The van der Waals surface area contributed by atoms with Crippen LogP contribution in [0.1, 0.15) is 24.9 Å². The van der Waals surface area contributed by atoms with Gasteiger partial charge < -0.3 is 20.3 Å². The lowest BCUT2D eigenvalue weighted by atomic mass is 10.0. The number of rotatable bonds is 7. The van der Waals surface area contributed by atoms with E-state index >= 15 is 0 Å². The molecule has 0 heterocycles. The van der Waals surface area contributed by atoms with Crippen molar-refractivity contribution in [3.63, 3.8) is 0 Å². The summed E-state index contributed by atoms with van der Waals surface area (Å²) in [4.78, 5) is 21.9. The topological polar surface area (TPSA) is 98.9 Å². The SMILES string of the molecule is CCOC(=O)COc1ccccc1C(N)CC(=O)O. The summed E-state index contributed by atoms with van der Waals surface area (Å²) in [6.07, 6.45) is -0.209. The Hall–Kier alpha value is -2.08. The van der Waals surface area contributed by atoms with Crippen LogP contribution in [0.3, 0.4) is 0 Å². The third-order valence-electron chi connectivity index (χ3n) is 2.36. The molecule has 0 bridgehead atoms. The monoisotopic (exact) mass is 267 g/mol. The van der Waals surface area contributed by atoms with E-state index in [1.165, 1.54) is 0 Å². The van der Waals surface area contributed by atoms with Crippen LogP contribution in [-0.4, -0.2) is 30.3 Å². The highest BCUT2D eigenvalue weighted by Crippen LogP contribution is 2.25. The second-order valence-electron chi connectivity index (χ2n) is 3.84. The van der Waals surface area contributed by atoms with E-state index in [0.29, 0.717) is 11.3 Å². The fourth-order valence-corrected chi connectivity index (χ4v) is 1.56. The fraction of sp³-hybridized carbons (Fsp3) is 0.385. The van der Waals surface area contributed by atoms with E-state index in [0.717, 1.165) is 0 Å². The van der Waals surface area contributed by atoms with Gasteiger partial charge in [-0.3, -0.25) is 4.79 Å². The summed E-state index contributed by atoms with van der Waals surface area (Å²) in [5.74, 6) is -1.08. The van der Waals surface area contributed by atoms with E-state index in [1.807, 2.05) is 0 Å². The van der Waals surface area contributed by atoms with Gasteiger partial charge in [-0.15, -0.1) is 0 Å². The van der Waals surface area contributed by atoms with Crippen LogP contribution in [0.25, 0.3) is 0 Å². The highest BCUT2D eigenvalue weighted by molar-refractivity contribution is 5.71. The number of aliphatic carboxylic acids is 1. The molecule has 0 aromatic heterocycles. The molecule has 1 atom stereocenters. The normalized spacial score (nSPS) is 11.7. The molecule has 0 aliphatic carbocycles. The summed E-state index contributed by atoms with van der Waals surface area (Å²) >= 11 is 0. The molecule has 0 saturated carbocycles. The van der Waals surface area contributed by atoms with E-state index in [4.69, 9.17) is 20.3 Å². The second-order valence-corrected chi connectivity index (χ2v) is 3.84. The molecule has 0 amide bonds. The minimum absolute atomic E-state index is 0.209. The Kier molecular flexibility index (Phi) is 5.81.